The molecule has 2 aliphatic rings. The van der Waals surface area contributed by atoms with Gasteiger partial charge in [-0.15, -0.1) is 23.5 Å². The van der Waals surface area contributed by atoms with Crippen molar-refractivity contribution in [3.63, 3.8) is 0 Å². The Bertz CT molecular complexity index is 603. The van der Waals surface area contributed by atoms with E-state index >= 15 is 0 Å². The average Bonchev–Trinajstić information content (AvgIpc) is 3.11. The van der Waals surface area contributed by atoms with Crippen molar-refractivity contribution in [1.82, 2.24) is 5.32 Å². The van der Waals surface area contributed by atoms with Gasteiger partial charge in [0.1, 0.15) is 5.54 Å². The molecular weight excluding hydrogens is 342 g/mol. The minimum atomic E-state index is -1.11. The van der Waals surface area contributed by atoms with Gasteiger partial charge in [0.2, 0.25) is 0 Å². The maximum absolute atomic E-state index is 12.6. The van der Waals surface area contributed by atoms with Crippen LogP contribution in [0.1, 0.15) is 53.1 Å². The summed E-state index contributed by atoms with van der Waals surface area (Å²) in [5.74, 6) is 1.65. The van der Waals surface area contributed by atoms with Gasteiger partial charge in [0, 0.05) is 17.1 Å². The summed E-state index contributed by atoms with van der Waals surface area (Å²) in [6.45, 7) is 2.13. The lowest BCUT2D eigenvalue weighted by Crippen LogP contribution is -2.56. The Morgan fingerprint density at radius 1 is 1.12 bits per heavy atom. The van der Waals surface area contributed by atoms with Gasteiger partial charge in [-0.05, 0) is 49.3 Å². The number of hydrogen-bond donors (Lipinski definition) is 2. The van der Waals surface area contributed by atoms with Gasteiger partial charge >= 0.3 is 5.97 Å². The lowest BCUT2D eigenvalue weighted by molar-refractivity contribution is -0.146. The summed E-state index contributed by atoms with van der Waals surface area (Å²) < 4.78 is 0.451. The predicted molar refractivity (Wildman–Crippen MR) is 99.6 cm³/mol. The molecule has 2 fully saturated rings. The molecule has 1 aromatic carbocycles. The van der Waals surface area contributed by atoms with Crippen molar-refractivity contribution in [2.45, 2.75) is 42.7 Å². The molecular formula is C18H23NO3S2. The van der Waals surface area contributed by atoms with E-state index in [4.69, 9.17) is 0 Å². The Labute approximate surface area is 151 Å². The first-order valence-corrected chi connectivity index (χ1v) is 10.5. The normalized spacial score (nSPS) is 27.8. The van der Waals surface area contributed by atoms with Gasteiger partial charge in [-0.1, -0.05) is 19.1 Å². The summed E-state index contributed by atoms with van der Waals surface area (Å²) in [6.07, 6.45) is 2.68. The van der Waals surface area contributed by atoms with Crippen LogP contribution in [0.5, 0.6) is 0 Å². The van der Waals surface area contributed by atoms with Crippen LogP contribution in [0.15, 0.2) is 24.3 Å². The first-order chi connectivity index (χ1) is 11.5. The number of aliphatic carboxylic acids is 1. The van der Waals surface area contributed by atoms with Crippen LogP contribution < -0.4 is 5.32 Å². The van der Waals surface area contributed by atoms with Crippen molar-refractivity contribution in [3.05, 3.63) is 35.4 Å². The van der Waals surface area contributed by atoms with Crippen molar-refractivity contribution < 1.29 is 14.7 Å². The zero-order valence-electron chi connectivity index (χ0n) is 13.8. The maximum atomic E-state index is 12.6. The van der Waals surface area contributed by atoms with E-state index in [-0.39, 0.29) is 5.91 Å². The fourth-order valence-corrected chi connectivity index (χ4v) is 6.14. The molecule has 24 heavy (non-hydrogen) atoms. The monoisotopic (exact) mass is 365 g/mol. The van der Waals surface area contributed by atoms with Gasteiger partial charge in [-0.25, -0.2) is 4.79 Å². The molecule has 2 N–H and O–H groups in total. The molecule has 0 spiro atoms. The third-order valence-corrected chi connectivity index (χ3v) is 8.06. The molecule has 0 aromatic heterocycles. The van der Waals surface area contributed by atoms with Gasteiger partial charge in [-0.3, -0.25) is 4.79 Å². The summed E-state index contributed by atoms with van der Waals surface area (Å²) in [6, 6.07) is 7.60. The smallest absolute Gasteiger partial charge is 0.329 e. The Morgan fingerprint density at radius 2 is 1.71 bits per heavy atom. The Kier molecular flexibility index (Phi) is 5.45. The van der Waals surface area contributed by atoms with Gasteiger partial charge < -0.3 is 10.4 Å². The minimum absolute atomic E-state index is 0.287. The van der Waals surface area contributed by atoms with Crippen LogP contribution in [0.25, 0.3) is 0 Å². The number of benzene rings is 1. The third-order valence-electron chi connectivity index (χ3n) is 4.96. The molecule has 1 heterocycles. The number of carbonyl (C=O) groups is 2. The quantitative estimate of drug-likeness (QED) is 0.846. The molecule has 6 heteroatoms. The topological polar surface area (TPSA) is 66.4 Å². The highest BCUT2D eigenvalue weighted by atomic mass is 32.2. The first kappa shape index (κ1) is 17.7. The lowest BCUT2D eigenvalue weighted by Gasteiger charge is -2.36. The molecule has 0 atom stereocenters. The molecule has 3 rings (SSSR count). The number of rotatable bonds is 4. The van der Waals surface area contributed by atoms with E-state index in [1.807, 2.05) is 47.8 Å². The van der Waals surface area contributed by atoms with Crippen LogP contribution in [-0.4, -0.2) is 34.0 Å². The molecule has 0 radical (unpaired) electrons. The summed E-state index contributed by atoms with van der Waals surface area (Å²) >= 11 is 3.85. The number of thioether (sulfide) groups is 2. The summed E-state index contributed by atoms with van der Waals surface area (Å²) in [5.41, 5.74) is 0.642. The molecule has 1 aliphatic heterocycles. The Morgan fingerprint density at radius 3 is 2.25 bits per heavy atom. The van der Waals surface area contributed by atoms with Gasteiger partial charge in [-0.2, -0.15) is 0 Å². The predicted octanol–water partition coefficient (Wildman–Crippen LogP) is 3.93. The van der Waals surface area contributed by atoms with Crippen molar-refractivity contribution >= 4 is 35.4 Å². The van der Waals surface area contributed by atoms with Crippen LogP contribution in [0, 0.1) is 5.92 Å². The van der Waals surface area contributed by atoms with E-state index < -0.39 is 11.5 Å². The van der Waals surface area contributed by atoms with E-state index in [0.717, 1.165) is 24.3 Å². The van der Waals surface area contributed by atoms with Crippen LogP contribution in [0.3, 0.4) is 0 Å². The van der Waals surface area contributed by atoms with Crippen LogP contribution in [0.4, 0.5) is 0 Å². The van der Waals surface area contributed by atoms with Crippen molar-refractivity contribution in [3.8, 4) is 0 Å². The number of carboxylic acids is 1. The van der Waals surface area contributed by atoms with Gasteiger partial charge in [0.25, 0.3) is 5.91 Å². The molecule has 1 amide bonds. The van der Waals surface area contributed by atoms with E-state index in [1.165, 1.54) is 5.56 Å². The number of amides is 1. The Hall–Kier alpha value is -1.14. The highest BCUT2D eigenvalue weighted by Gasteiger charge is 2.42. The SMILES string of the molecule is CC1CCC(NC(=O)c2ccc(C3SCCS3)cc2)(C(=O)O)CC1. The zero-order chi connectivity index (χ0) is 17.2. The van der Waals surface area contributed by atoms with Crippen molar-refractivity contribution in [1.29, 1.82) is 0 Å². The van der Waals surface area contributed by atoms with Crippen molar-refractivity contribution in [2.75, 3.05) is 11.5 Å². The molecule has 4 nitrogen and oxygen atoms in total. The van der Waals surface area contributed by atoms with E-state index in [9.17, 15) is 14.7 Å². The van der Waals surface area contributed by atoms with E-state index in [1.54, 1.807) is 0 Å². The average molecular weight is 366 g/mol. The summed E-state index contributed by atoms with van der Waals surface area (Å²) in [5, 5.41) is 12.4. The van der Waals surface area contributed by atoms with Crippen LogP contribution >= 0.6 is 23.5 Å². The Balaban J connectivity index is 1.70. The molecule has 1 aliphatic carbocycles. The van der Waals surface area contributed by atoms with Crippen LogP contribution in [0.2, 0.25) is 0 Å². The lowest BCUT2D eigenvalue weighted by atomic mass is 9.77. The molecule has 130 valence electrons. The summed E-state index contributed by atoms with van der Waals surface area (Å²) in [7, 11) is 0. The highest BCUT2D eigenvalue weighted by Crippen LogP contribution is 2.45. The van der Waals surface area contributed by atoms with Crippen molar-refractivity contribution in [2.24, 2.45) is 5.92 Å². The number of carbonyl (C=O) groups excluding carboxylic acids is 1. The fourth-order valence-electron chi connectivity index (χ4n) is 3.28. The van der Waals surface area contributed by atoms with Gasteiger partial charge in [0.05, 0.1) is 4.58 Å². The van der Waals surface area contributed by atoms with Gasteiger partial charge in [0.15, 0.2) is 0 Å². The number of carboxylic acid groups (broad SMARTS) is 1. The molecule has 0 unspecified atom stereocenters. The second-order valence-electron chi connectivity index (χ2n) is 6.72. The maximum Gasteiger partial charge on any atom is 0.329 e. The standard InChI is InChI=1S/C18H23NO3S2/c1-12-6-8-18(9-7-12,17(21)22)19-15(20)13-2-4-14(5-3-13)16-23-10-11-24-16/h2-5,12,16H,6-11H2,1H3,(H,19,20)(H,21,22). The van der Waals surface area contributed by atoms with Crippen LogP contribution in [-0.2, 0) is 4.79 Å². The largest absolute Gasteiger partial charge is 0.480 e. The first-order valence-electron chi connectivity index (χ1n) is 8.39. The molecule has 0 bridgehead atoms. The zero-order valence-corrected chi connectivity index (χ0v) is 15.4. The minimum Gasteiger partial charge on any atom is -0.480 e. The van der Waals surface area contributed by atoms with E-state index in [0.29, 0.717) is 28.9 Å². The highest BCUT2D eigenvalue weighted by molar-refractivity contribution is 8.19. The second kappa shape index (κ2) is 7.40. The number of hydrogen-bond acceptors (Lipinski definition) is 4. The fraction of sp³-hybridized carbons (Fsp3) is 0.556. The van der Waals surface area contributed by atoms with E-state index in [2.05, 4.69) is 12.2 Å². The second-order valence-corrected chi connectivity index (χ2v) is 9.44. The summed E-state index contributed by atoms with van der Waals surface area (Å²) in [4.78, 5) is 24.3. The molecule has 1 saturated heterocycles. The molecule has 1 saturated carbocycles. The molecule has 1 aromatic rings. The number of nitrogens with one attached hydrogen (secondary N) is 1. The third kappa shape index (κ3) is 3.75.